The molecule has 0 aromatic heterocycles. The highest BCUT2D eigenvalue weighted by Gasteiger charge is 2.74. The Kier molecular flexibility index (Phi) is 6.09. The summed E-state index contributed by atoms with van der Waals surface area (Å²) in [5.41, 5.74) is -13.6. The van der Waals surface area contributed by atoms with E-state index < -0.39 is 68.1 Å². The van der Waals surface area contributed by atoms with Crippen LogP contribution in [0.2, 0.25) is 0 Å². The Morgan fingerprint density at radius 3 is 1.55 bits per heavy atom. The van der Waals surface area contributed by atoms with Crippen LogP contribution in [0.5, 0.6) is 0 Å². The lowest BCUT2D eigenvalue weighted by molar-refractivity contribution is -0.348. The maximum atomic E-state index is 14.8. The zero-order chi connectivity index (χ0) is 24.0. The first kappa shape index (κ1) is 24.5. The standard InChI is InChI=1S/C18H4BrF10N2/c19-13-5-11(16(21,22)23)4-12(15(20,17(24,25)26)18(27,28)29)14(13)10-2-8(6-30)1-9(3-10)7-31/h1-4H. The topological polar surface area (TPSA) is 47.6 Å². The molecule has 0 bridgehead atoms. The SMILES string of the molecule is N#Cc1cc(C#N)cc(-c2c(Br)[c]c(C(F)(F)F)cc2C(F)(C(F)(F)F)C(F)(F)F)c1. The number of nitriles is 2. The normalized spacial score (nSPS) is 12.9. The van der Waals surface area contributed by atoms with E-state index in [4.69, 9.17) is 10.5 Å². The van der Waals surface area contributed by atoms with Crippen LogP contribution in [-0.4, -0.2) is 12.4 Å². The molecule has 0 spiro atoms. The molecule has 0 unspecified atom stereocenters. The smallest absolute Gasteiger partial charge is 0.218 e. The summed E-state index contributed by atoms with van der Waals surface area (Å²) < 4.78 is 133. The van der Waals surface area contributed by atoms with E-state index in [0.29, 0.717) is 12.1 Å². The van der Waals surface area contributed by atoms with E-state index in [9.17, 15) is 43.9 Å². The van der Waals surface area contributed by atoms with Crippen LogP contribution in [0.15, 0.2) is 28.7 Å². The fourth-order valence-electron chi connectivity index (χ4n) is 2.63. The molecule has 31 heavy (non-hydrogen) atoms. The van der Waals surface area contributed by atoms with E-state index in [1.54, 1.807) is 0 Å². The largest absolute Gasteiger partial charge is 0.435 e. The van der Waals surface area contributed by atoms with Crippen molar-refractivity contribution in [3.8, 4) is 23.3 Å². The lowest BCUT2D eigenvalue weighted by Gasteiger charge is -2.32. The molecule has 1 radical (unpaired) electrons. The molecule has 0 fully saturated rings. The second kappa shape index (κ2) is 7.71. The fourth-order valence-corrected chi connectivity index (χ4v) is 3.28. The van der Waals surface area contributed by atoms with Gasteiger partial charge in [-0.15, -0.1) is 0 Å². The van der Waals surface area contributed by atoms with Crippen LogP contribution in [0, 0.1) is 28.7 Å². The molecule has 0 aliphatic carbocycles. The van der Waals surface area contributed by atoms with Gasteiger partial charge >= 0.3 is 24.2 Å². The number of nitrogens with zero attached hydrogens (tertiary/aromatic N) is 2. The third kappa shape index (κ3) is 4.32. The van der Waals surface area contributed by atoms with Gasteiger partial charge in [0.05, 0.1) is 28.8 Å². The Balaban J connectivity index is 3.12. The van der Waals surface area contributed by atoms with Gasteiger partial charge in [-0.05, 0) is 45.8 Å². The molecule has 0 aliphatic heterocycles. The van der Waals surface area contributed by atoms with Crippen LogP contribution in [-0.2, 0) is 11.8 Å². The lowest BCUT2D eigenvalue weighted by Crippen LogP contribution is -2.50. The molecule has 0 atom stereocenters. The molecule has 2 nitrogen and oxygen atoms in total. The second-order valence-corrected chi connectivity index (χ2v) is 6.75. The van der Waals surface area contributed by atoms with E-state index in [-0.39, 0.29) is 0 Å². The first-order valence-corrected chi connectivity index (χ1v) is 8.38. The summed E-state index contributed by atoms with van der Waals surface area (Å²) in [7, 11) is 0. The molecule has 0 saturated carbocycles. The number of benzene rings is 2. The Morgan fingerprint density at radius 1 is 0.742 bits per heavy atom. The predicted octanol–water partition coefficient (Wildman–Crippen LogP) is 6.97. The van der Waals surface area contributed by atoms with Crippen molar-refractivity contribution >= 4 is 15.9 Å². The van der Waals surface area contributed by atoms with E-state index in [1.165, 1.54) is 18.2 Å². The highest BCUT2D eigenvalue weighted by molar-refractivity contribution is 9.10. The summed E-state index contributed by atoms with van der Waals surface area (Å²) in [6.07, 6.45) is -18.9. The van der Waals surface area contributed by atoms with E-state index >= 15 is 0 Å². The molecule has 0 saturated heterocycles. The second-order valence-electron chi connectivity index (χ2n) is 5.96. The monoisotopic (exact) mass is 517 g/mol. The predicted molar refractivity (Wildman–Crippen MR) is 87.7 cm³/mol. The van der Waals surface area contributed by atoms with Crippen molar-refractivity contribution < 1.29 is 43.9 Å². The van der Waals surface area contributed by atoms with Gasteiger partial charge in [0, 0.05) is 21.7 Å². The minimum absolute atomic E-state index is 0.421. The highest BCUT2D eigenvalue weighted by atomic mass is 79.9. The molecule has 163 valence electrons. The molecule has 13 heteroatoms. The van der Waals surface area contributed by atoms with Gasteiger partial charge in [-0.1, -0.05) is 0 Å². The molecular formula is C18H4BrF10N2. The van der Waals surface area contributed by atoms with Gasteiger partial charge in [0.1, 0.15) is 0 Å². The average molecular weight is 518 g/mol. The Hall–Kier alpha value is -2.80. The van der Waals surface area contributed by atoms with Crippen molar-refractivity contribution in [3.05, 3.63) is 57.1 Å². The molecule has 0 amide bonds. The number of halogens is 11. The molecule has 2 rings (SSSR count). The molecular weight excluding hydrogens is 514 g/mol. The Labute approximate surface area is 175 Å². The highest BCUT2D eigenvalue weighted by Crippen LogP contribution is 2.57. The minimum atomic E-state index is -6.71. The van der Waals surface area contributed by atoms with Gasteiger partial charge in [-0.2, -0.15) is 50.0 Å². The first-order valence-electron chi connectivity index (χ1n) is 7.59. The lowest BCUT2D eigenvalue weighted by atomic mass is 9.85. The summed E-state index contributed by atoms with van der Waals surface area (Å²) in [4.78, 5) is 0. The first-order chi connectivity index (χ1) is 14.0. The van der Waals surface area contributed by atoms with Crippen LogP contribution < -0.4 is 0 Å². The van der Waals surface area contributed by atoms with Gasteiger partial charge in [0.15, 0.2) is 0 Å². The van der Waals surface area contributed by atoms with Crippen molar-refractivity contribution in [3.63, 3.8) is 0 Å². The van der Waals surface area contributed by atoms with Gasteiger partial charge in [-0.25, -0.2) is 4.39 Å². The molecule has 2 aromatic carbocycles. The number of alkyl halides is 10. The third-order valence-corrected chi connectivity index (χ3v) is 4.55. The van der Waals surface area contributed by atoms with Crippen LogP contribution in [0.3, 0.4) is 0 Å². The maximum Gasteiger partial charge on any atom is 0.435 e. The van der Waals surface area contributed by atoms with Crippen molar-refractivity contribution in [1.82, 2.24) is 0 Å². The zero-order valence-corrected chi connectivity index (χ0v) is 15.9. The van der Waals surface area contributed by atoms with E-state index in [2.05, 4.69) is 15.9 Å². The number of hydrogen-bond donors (Lipinski definition) is 0. The quantitative estimate of drug-likeness (QED) is 0.404. The van der Waals surface area contributed by atoms with Crippen LogP contribution in [0.25, 0.3) is 11.1 Å². The summed E-state index contributed by atoms with van der Waals surface area (Å²) in [6.45, 7) is 0. The van der Waals surface area contributed by atoms with Crippen LogP contribution in [0.4, 0.5) is 43.9 Å². The van der Waals surface area contributed by atoms with Crippen molar-refractivity contribution in [2.75, 3.05) is 0 Å². The molecule has 0 heterocycles. The van der Waals surface area contributed by atoms with Gasteiger partial charge in [-0.3, -0.25) is 0 Å². The number of hydrogen-bond acceptors (Lipinski definition) is 2. The van der Waals surface area contributed by atoms with Gasteiger partial charge < -0.3 is 0 Å². The summed E-state index contributed by atoms with van der Waals surface area (Å²) in [5, 5.41) is 17.9. The molecule has 2 aromatic rings. The fraction of sp³-hybridized carbons (Fsp3) is 0.222. The molecule has 0 N–H and O–H groups in total. The van der Waals surface area contributed by atoms with Crippen LogP contribution >= 0.6 is 15.9 Å². The Bertz CT molecular complexity index is 1050. The summed E-state index contributed by atoms with van der Waals surface area (Å²) in [5.74, 6) is 0. The average Bonchev–Trinajstić information content (AvgIpc) is 2.63. The van der Waals surface area contributed by atoms with Crippen molar-refractivity contribution in [2.24, 2.45) is 0 Å². The van der Waals surface area contributed by atoms with Crippen molar-refractivity contribution in [2.45, 2.75) is 24.2 Å². The zero-order valence-electron chi connectivity index (χ0n) is 14.4. The van der Waals surface area contributed by atoms with Gasteiger partial charge in [0.25, 0.3) is 0 Å². The summed E-state index contributed by atoms with van der Waals surface area (Å²) in [6, 6.07) is 6.17. The minimum Gasteiger partial charge on any atom is -0.218 e. The van der Waals surface area contributed by atoms with E-state index in [0.717, 1.165) is 6.07 Å². The van der Waals surface area contributed by atoms with Gasteiger partial charge in [0.2, 0.25) is 0 Å². The van der Waals surface area contributed by atoms with Crippen LogP contribution in [0.1, 0.15) is 22.3 Å². The summed E-state index contributed by atoms with van der Waals surface area (Å²) >= 11 is 2.42. The Morgan fingerprint density at radius 2 is 1.19 bits per heavy atom. The molecule has 0 aliphatic rings. The number of rotatable bonds is 2. The maximum absolute atomic E-state index is 14.8. The van der Waals surface area contributed by atoms with Crippen molar-refractivity contribution in [1.29, 1.82) is 10.5 Å². The third-order valence-electron chi connectivity index (χ3n) is 3.96. The van der Waals surface area contributed by atoms with E-state index in [1.807, 2.05) is 0 Å².